The molecule has 1 N–H and O–H groups in total. The van der Waals surface area contributed by atoms with Crippen molar-refractivity contribution >= 4 is 13.3 Å². The Kier molecular flexibility index (Phi) is 7.79. The fourth-order valence-electron chi connectivity index (χ4n) is 3.35. The monoisotopic (exact) mass is 417 g/mol. The number of nitrogens with zero attached hydrogens (tertiary/aromatic N) is 3. The molecule has 0 saturated carbocycles. The summed E-state index contributed by atoms with van der Waals surface area (Å²) >= 11 is 0. The smallest absolute Gasteiger partial charge is 0.352 e. The van der Waals surface area contributed by atoms with Gasteiger partial charge in [-0.15, -0.1) is 0 Å². The molecule has 1 aliphatic rings. The Morgan fingerprint density at radius 1 is 1.21 bits per heavy atom. The van der Waals surface area contributed by atoms with Gasteiger partial charge in [0.25, 0.3) is 0 Å². The number of nitro benzene ring substituents is 1. The molecule has 0 bridgehead atoms. The lowest BCUT2D eigenvalue weighted by molar-refractivity contribution is -0.386. The van der Waals surface area contributed by atoms with Gasteiger partial charge in [-0.3, -0.25) is 19.6 Å². The number of hydrogen-bond donors (Lipinski definition) is 1. The zero-order valence-corrected chi connectivity index (χ0v) is 17.6. The molecule has 28 heavy (non-hydrogen) atoms. The molecule has 11 heteroatoms. The van der Waals surface area contributed by atoms with E-state index in [-0.39, 0.29) is 30.3 Å². The Bertz CT molecular complexity index is 728. The number of phenolic OH excluding ortho intramolecular Hbond substituents is 1. The van der Waals surface area contributed by atoms with Gasteiger partial charge < -0.3 is 23.8 Å². The van der Waals surface area contributed by atoms with Crippen LogP contribution < -0.4 is 4.74 Å². The highest BCUT2D eigenvalue weighted by molar-refractivity contribution is 7.54. The van der Waals surface area contributed by atoms with E-state index in [2.05, 4.69) is 4.90 Å². The van der Waals surface area contributed by atoms with E-state index in [1.165, 1.54) is 19.2 Å². The number of phenols is 1. The highest BCUT2D eigenvalue weighted by atomic mass is 31.2. The molecular weight excluding hydrogens is 389 g/mol. The molecule has 10 nitrogen and oxygen atoms in total. The van der Waals surface area contributed by atoms with E-state index in [9.17, 15) is 19.8 Å². The Morgan fingerprint density at radius 2 is 1.79 bits per heavy atom. The number of piperazine rings is 1. The lowest BCUT2D eigenvalue weighted by Gasteiger charge is -2.40. The van der Waals surface area contributed by atoms with Gasteiger partial charge >= 0.3 is 13.3 Å². The van der Waals surface area contributed by atoms with E-state index in [0.717, 1.165) is 0 Å². The molecule has 1 aromatic rings. The van der Waals surface area contributed by atoms with Crippen molar-refractivity contribution in [3.05, 3.63) is 27.8 Å². The van der Waals surface area contributed by atoms with Gasteiger partial charge in [0, 0.05) is 26.2 Å². The van der Waals surface area contributed by atoms with Crippen molar-refractivity contribution in [1.82, 2.24) is 9.80 Å². The molecule has 2 rings (SSSR count). The molecule has 1 heterocycles. The number of rotatable bonds is 9. The van der Waals surface area contributed by atoms with E-state index >= 15 is 0 Å². The topological polar surface area (TPSA) is 115 Å². The first-order valence-electron chi connectivity index (χ1n) is 9.14. The van der Waals surface area contributed by atoms with Crippen LogP contribution in [0.4, 0.5) is 5.69 Å². The van der Waals surface area contributed by atoms with Gasteiger partial charge in [0.15, 0.2) is 5.75 Å². The van der Waals surface area contributed by atoms with Crippen molar-refractivity contribution in [2.75, 3.05) is 53.6 Å². The summed E-state index contributed by atoms with van der Waals surface area (Å²) in [6, 6.07) is 2.69. The first-order valence-corrected chi connectivity index (χ1v) is 10.8. The number of benzene rings is 1. The van der Waals surface area contributed by atoms with E-state index in [4.69, 9.17) is 13.8 Å². The standard InChI is InChI=1S/C17H28N3O7P/c1-5-26-28(24,27-6-2)17(19-11-9-18(3)10-12-19)13-7-8-14(21)16(25-4)15(13)20(22)23/h7-8,17,21H,5-6,9-12H2,1-4H3. The molecule has 158 valence electrons. The van der Waals surface area contributed by atoms with Crippen LogP contribution in [0.25, 0.3) is 0 Å². The summed E-state index contributed by atoms with van der Waals surface area (Å²) in [4.78, 5) is 15.2. The molecular formula is C17H28N3O7P. The summed E-state index contributed by atoms with van der Waals surface area (Å²) in [5.41, 5.74) is -0.305. The van der Waals surface area contributed by atoms with Crippen LogP contribution in [0.2, 0.25) is 0 Å². The number of likely N-dealkylation sites (N-methyl/N-ethyl adjacent to an activating group) is 1. The van der Waals surface area contributed by atoms with Crippen molar-refractivity contribution < 1.29 is 28.4 Å². The zero-order chi connectivity index (χ0) is 20.9. The molecule has 1 fully saturated rings. The van der Waals surface area contributed by atoms with Gasteiger partial charge in [0.2, 0.25) is 5.75 Å². The Balaban J connectivity index is 2.68. The molecule has 1 saturated heterocycles. The van der Waals surface area contributed by atoms with Gasteiger partial charge in [-0.2, -0.15) is 0 Å². The summed E-state index contributed by atoms with van der Waals surface area (Å²) in [6.45, 7) is 6.12. The van der Waals surface area contributed by atoms with Crippen LogP contribution in [0.15, 0.2) is 12.1 Å². The van der Waals surface area contributed by atoms with Crippen LogP contribution in [0.1, 0.15) is 25.2 Å². The minimum absolute atomic E-state index is 0.130. The summed E-state index contributed by atoms with van der Waals surface area (Å²) in [5.74, 6) is -1.63. The second-order valence-corrected chi connectivity index (χ2v) is 8.49. The average molecular weight is 417 g/mol. The largest absolute Gasteiger partial charge is 0.504 e. The highest BCUT2D eigenvalue weighted by Gasteiger charge is 2.46. The van der Waals surface area contributed by atoms with Crippen LogP contribution in [0.3, 0.4) is 0 Å². The molecule has 0 aromatic heterocycles. The van der Waals surface area contributed by atoms with Crippen LogP contribution in [-0.2, 0) is 13.6 Å². The minimum Gasteiger partial charge on any atom is -0.504 e. The lowest BCUT2D eigenvalue weighted by Crippen LogP contribution is -2.46. The first-order chi connectivity index (χ1) is 13.3. The molecule has 1 aromatic carbocycles. The second kappa shape index (κ2) is 9.67. The van der Waals surface area contributed by atoms with Gasteiger partial charge in [0.05, 0.1) is 30.8 Å². The van der Waals surface area contributed by atoms with Gasteiger partial charge in [0.1, 0.15) is 5.78 Å². The molecule has 0 spiro atoms. The maximum absolute atomic E-state index is 13.7. The molecule has 1 aliphatic heterocycles. The molecule has 0 radical (unpaired) electrons. The summed E-state index contributed by atoms with van der Waals surface area (Å²) < 4.78 is 29.9. The fourth-order valence-corrected chi connectivity index (χ4v) is 5.60. The normalized spacial score (nSPS) is 17.4. The minimum atomic E-state index is -3.79. The first kappa shape index (κ1) is 22.6. The quantitative estimate of drug-likeness (QED) is 0.368. The van der Waals surface area contributed by atoms with E-state index in [1.807, 2.05) is 11.9 Å². The fraction of sp³-hybridized carbons (Fsp3) is 0.647. The number of ether oxygens (including phenoxy) is 1. The number of aromatic hydroxyl groups is 1. The van der Waals surface area contributed by atoms with Gasteiger partial charge in [-0.25, -0.2) is 0 Å². The van der Waals surface area contributed by atoms with Crippen molar-refractivity contribution in [2.24, 2.45) is 0 Å². The third-order valence-corrected chi connectivity index (χ3v) is 7.05. The summed E-state index contributed by atoms with van der Waals surface area (Å²) in [6.07, 6.45) is 0. The van der Waals surface area contributed by atoms with Crippen LogP contribution in [0, 0.1) is 10.1 Å². The second-order valence-electron chi connectivity index (χ2n) is 6.40. The van der Waals surface area contributed by atoms with Crippen molar-refractivity contribution in [2.45, 2.75) is 19.6 Å². The van der Waals surface area contributed by atoms with E-state index in [1.54, 1.807) is 13.8 Å². The third-order valence-electron chi connectivity index (χ3n) is 4.61. The van der Waals surface area contributed by atoms with Crippen molar-refractivity contribution in [3.63, 3.8) is 0 Å². The molecule has 0 amide bonds. The average Bonchev–Trinajstić information content (AvgIpc) is 2.64. The zero-order valence-electron chi connectivity index (χ0n) is 16.7. The predicted molar refractivity (Wildman–Crippen MR) is 104 cm³/mol. The number of hydrogen-bond acceptors (Lipinski definition) is 9. The van der Waals surface area contributed by atoms with Crippen LogP contribution in [-0.4, -0.2) is 73.4 Å². The van der Waals surface area contributed by atoms with Crippen LogP contribution >= 0.6 is 7.60 Å². The maximum atomic E-state index is 13.7. The van der Waals surface area contributed by atoms with E-state index < -0.39 is 24.0 Å². The number of methoxy groups -OCH3 is 1. The number of nitro groups is 1. The predicted octanol–water partition coefficient (Wildman–Crippen LogP) is 2.82. The molecule has 0 aliphatic carbocycles. The van der Waals surface area contributed by atoms with Crippen LogP contribution in [0.5, 0.6) is 11.5 Å². The summed E-state index contributed by atoms with van der Waals surface area (Å²) in [7, 11) is -0.573. The van der Waals surface area contributed by atoms with Gasteiger partial charge in [-0.05, 0) is 33.0 Å². The molecule has 1 atom stereocenters. The third kappa shape index (κ3) is 4.64. The SMILES string of the molecule is CCOP(=O)(OCC)C(c1ccc(O)c(OC)c1[N+](=O)[O-])N1CCN(C)CC1. The van der Waals surface area contributed by atoms with Crippen molar-refractivity contribution in [1.29, 1.82) is 0 Å². The Labute approximate surface area is 164 Å². The van der Waals surface area contributed by atoms with Gasteiger partial charge in [-0.1, -0.05) is 0 Å². The van der Waals surface area contributed by atoms with Crippen molar-refractivity contribution in [3.8, 4) is 11.5 Å². The Hall–Kier alpha value is -1.71. The maximum Gasteiger partial charge on any atom is 0.352 e. The molecule has 1 unspecified atom stereocenters. The lowest BCUT2D eigenvalue weighted by atomic mass is 10.1. The highest BCUT2D eigenvalue weighted by Crippen LogP contribution is 2.64. The Morgan fingerprint density at radius 3 is 2.25 bits per heavy atom. The van der Waals surface area contributed by atoms with E-state index in [0.29, 0.717) is 26.2 Å². The summed E-state index contributed by atoms with van der Waals surface area (Å²) in [5, 5.41) is 21.9.